The maximum Gasteiger partial charge on any atom is 0.586 e. The minimum atomic E-state index is -3.59. The lowest BCUT2D eigenvalue weighted by Crippen LogP contribution is -2.25. The Morgan fingerprint density at radius 3 is 2.59 bits per heavy atom. The van der Waals surface area contributed by atoms with E-state index in [-0.39, 0.29) is 11.5 Å². The minimum Gasteiger partial charge on any atom is -0.395 e. The van der Waals surface area contributed by atoms with Crippen LogP contribution in [0.15, 0.2) is 36.5 Å². The molecule has 2 aromatic heterocycles. The normalized spacial score (nSPS) is 15.2. The molecule has 7 heteroatoms. The number of rotatable bonds is 2. The summed E-state index contributed by atoms with van der Waals surface area (Å²) in [5.41, 5.74) is 0.726. The molecule has 3 aromatic rings. The van der Waals surface area contributed by atoms with Crippen LogP contribution >= 0.6 is 22.7 Å². The summed E-state index contributed by atoms with van der Waals surface area (Å²) in [5.74, 6) is 0.0747. The van der Waals surface area contributed by atoms with E-state index in [0.717, 1.165) is 20.3 Å². The van der Waals surface area contributed by atoms with E-state index in [0.29, 0.717) is 0 Å². The Morgan fingerprint density at radius 1 is 1.00 bits per heavy atom. The molecule has 0 bridgehead atoms. The smallest absolute Gasteiger partial charge is 0.395 e. The monoisotopic (exact) mass is 337 g/mol. The van der Waals surface area contributed by atoms with E-state index < -0.39 is 6.29 Å². The zero-order chi connectivity index (χ0) is 15.3. The number of benzene rings is 1. The first kappa shape index (κ1) is 13.7. The van der Waals surface area contributed by atoms with Crippen LogP contribution < -0.4 is 9.47 Å². The maximum atomic E-state index is 13.0. The van der Waals surface area contributed by atoms with Crippen molar-refractivity contribution in [3.63, 3.8) is 0 Å². The number of fused-ring (bicyclic) bond motifs is 1. The first-order valence-corrected chi connectivity index (χ1v) is 8.06. The Labute approximate surface area is 132 Å². The van der Waals surface area contributed by atoms with E-state index in [1.165, 1.54) is 28.3 Å². The minimum absolute atomic E-state index is 0.0335. The number of hydrogen-bond acceptors (Lipinski definition) is 5. The fourth-order valence-electron chi connectivity index (χ4n) is 2.17. The molecule has 4 rings (SSSR count). The summed E-state index contributed by atoms with van der Waals surface area (Å²) in [6.07, 6.45) is -1.80. The maximum absolute atomic E-state index is 13.0. The SMILES string of the molecule is Cc1ccc(-c2cnc(-c3ccc4c(c3)OC(F)(F)O4)s2)s1. The average molecular weight is 337 g/mol. The topological polar surface area (TPSA) is 31.4 Å². The lowest BCUT2D eigenvalue weighted by molar-refractivity contribution is -0.286. The lowest BCUT2D eigenvalue weighted by atomic mass is 10.2. The van der Waals surface area contributed by atoms with Crippen LogP contribution in [-0.2, 0) is 0 Å². The second kappa shape index (κ2) is 4.76. The molecule has 1 aliphatic rings. The van der Waals surface area contributed by atoms with E-state index in [1.807, 2.05) is 6.92 Å². The summed E-state index contributed by atoms with van der Waals surface area (Å²) in [7, 11) is 0. The van der Waals surface area contributed by atoms with Gasteiger partial charge in [0.2, 0.25) is 0 Å². The van der Waals surface area contributed by atoms with Crippen LogP contribution in [0.5, 0.6) is 11.5 Å². The second-order valence-corrected chi connectivity index (χ2v) is 7.09. The van der Waals surface area contributed by atoms with Crippen molar-refractivity contribution in [1.82, 2.24) is 4.98 Å². The lowest BCUT2D eigenvalue weighted by Gasteiger charge is -2.04. The highest BCUT2D eigenvalue weighted by atomic mass is 32.1. The van der Waals surface area contributed by atoms with Crippen LogP contribution in [0, 0.1) is 6.92 Å². The van der Waals surface area contributed by atoms with Crippen molar-refractivity contribution in [2.45, 2.75) is 13.2 Å². The van der Waals surface area contributed by atoms with Gasteiger partial charge in [-0.05, 0) is 37.3 Å². The number of thiazole rings is 1. The van der Waals surface area contributed by atoms with Crippen LogP contribution in [0.25, 0.3) is 20.3 Å². The largest absolute Gasteiger partial charge is 0.586 e. The zero-order valence-electron chi connectivity index (χ0n) is 11.3. The molecule has 0 aliphatic carbocycles. The Balaban J connectivity index is 1.68. The van der Waals surface area contributed by atoms with Gasteiger partial charge in [0, 0.05) is 21.5 Å². The highest BCUT2D eigenvalue weighted by Crippen LogP contribution is 2.44. The van der Waals surface area contributed by atoms with Crippen molar-refractivity contribution in [3.05, 3.63) is 41.4 Å². The van der Waals surface area contributed by atoms with Crippen molar-refractivity contribution in [2.24, 2.45) is 0 Å². The first-order chi connectivity index (χ1) is 10.5. The van der Waals surface area contributed by atoms with E-state index in [9.17, 15) is 8.78 Å². The van der Waals surface area contributed by atoms with Crippen molar-refractivity contribution in [2.75, 3.05) is 0 Å². The van der Waals surface area contributed by atoms with Crippen LogP contribution in [-0.4, -0.2) is 11.3 Å². The van der Waals surface area contributed by atoms with E-state index in [4.69, 9.17) is 0 Å². The van der Waals surface area contributed by atoms with E-state index in [1.54, 1.807) is 23.6 Å². The first-order valence-electron chi connectivity index (χ1n) is 6.43. The van der Waals surface area contributed by atoms with Gasteiger partial charge < -0.3 is 9.47 Å². The summed E-state index contributed by atoms with van der Waals surface area (Å²) in [4.78, 5) is 7.81. The number of nitrogens with zero attached hydrogens (tertiary/aromatic N) is 1. The van der Waals surface area contributed by atoms with Gasteiger partial charge in [-0.1, -0.05) is 0 Å². The molecule has 22 heavy (non-hydrogen) atoms. The van der Waals surface area contributed by atoms with Gasteiger partial charge in [0.1, 0.15) is 5.01 Å². The number of thiophene rings is 1. The molecule has 0 N–H and O–H groups in total. The molecule has 112 valence electrons. The Kier molecular flexibility index (Phi) is 2.95. The average Bonchev–Trinajstić information content (AvgIpc) is 3.13. The zero-order valence-corrected chi connectivity index (χ0v) is 12.9. The highest BCUT2D eigenvalue weighted by Gasteiger charge is 2.43. The van der Waals surface area contributed by atoms with Crippen LogP contribution in [0.4, 0.5) is 8.78 Å². The van der Waals surface area contributed by atoms with Crippen LogP contribution in [0.3, 0.4) is 0 Å². The van der Waals surface area contributed by atoms with Crippen molar-refractivity contribution < 1.29 is 18.3 Å². The standard InChI is InChI=1S/C15H9F2NO2S2/c1-8-2-5-12(21-8)13-7-18-14(22-13)9-3-4-10-11(6-9)20-15(16,17)19-10/h2-7H,1H3. The number of hydrogen-bond donors (Lipinski definition) is 0. The molecule has 0 spiro atoms. The molecule has 1 aromatic carbocycles. The molecule has 3 heterocycles. The molecule has 1 aliphatic heterocycles. The van der Waals surface area contributed by atoms with Gasteiger partial charge in [0.05, 0.1) is 4.88 Å². The molecular weight excluding hydrogens is 328 g/mol. The van der Waals surface area contributed by atoms with Crippen LogP contribution in [0.2, 0.25) is 0 Å². The number of ether oxygens (including phenoxy) is 2. The third-order valence-corrected chi connectivity index (χ3v) is 5.38. The molecule has 0 unspecified atom stereocenters. The predicted octanol–water partition coefficient (Wildman–Crippen LogP) is 5.17. The van der Waals surface area contributed by atoms with Crippen molar-refractivity contribution >= 4 is 22.7 Å². The number of aromatic nitrogens is 1. The van der Waals surface area contributed by atoms with E-state index in [2.05, 4.69) is 26.6 Å². The van der Waals surface area contributed by atoms with E-state index >= 15 is 0 Å². The summed E-state index contributed by atoms with van der Waals surface area (Å²) in [5, 5.41) is 0.752. The summed E-state index contributed by atoms with van der Waals surface area (Å²) < 4.78 is 35.0. The fraction of sp³-hybridized carbons (Fsp3) is 0.133. The quantitative estimate of drug-likeness (QED) is 0.646. The number of halogens is 2. The molecule has 0 fully saturated rings. The van der Waals surface area contributed by atoms with Crippen molar-refractivity contribution in [1.29, 1.82) is 0 Å². The molecule has 0 saturated carbocycles. The Bertz CT molecular complexity index is 857. The molecular formula is C15H9F2NO2S2. The van der Waals surface area contributed by atoms with Gasteiger partial charge in [-0.15, -0.1) is 31.5 Å². The fourth-order valence-corrected chi connectivity index (χ4v) is 4.03. The van der Waals surface area contributed by atoms with Crippen LogP contribution in [0.1, 0.15) is 4.88 Å². The summed E-state index contributed by atoms with van der Waals surface area (Å²) in [6.45, 7) is 2.05. The molecule has 0 amide bonds. The van der Waals surface area contributed by atoms with Crippen molar-refractivity contribution in [3.8, 4) is 31.8 Å². The molecule has 0 radical (unpaired) electrons. The second-order valence-electron chi connectivity index (χ2n) is 4.77. The molecule has 0 saturated heterocycles. The number of alkyl halides is 2. The third-order valence-electron chi connectivity index (χ3n) is 3.14. The van der Waals surface area contributed by atoms with Gasteiger partial charge in [-0.25, -0.2) is 4.98 Å². The van der Waals surface area contributed by atoms with Gasteiger partial charge in [-0.3, -0.25) is 0 Å². The number of aryl methyl sites for hydroxylation is 1. The third kappa shape index (κ3) is 2.36. The summed E-state index contributed by atoms with van der Waals surface area (Å²) >= 11 is 3.21. The van der Waals surface area contributed by atoms with Gasteiger partial charge in [0.25, 0.3) is 0 Å². The van der Waals surface area contributed by atoms with Gasteiger partial charge in [-0.2, -0.15) is 0 Å². The Hall–Kier alpha value is -1.99. The van der Waals surface area contributed by atoms with Gasteiger partial charge in [0.15, 0.2) is 11.5 Å². The molecule has 0 atom stereocenters. The summed E-state index contributed by atoms with van der Waals surface area (Å²) in [6, 6.07) is 8.81. The highest BCUT2D eigenvalue weighted by molar-refractivity contribution is 7.23. The predicted molar refractivity (Wildman–Crippen MR) is 81.8 cm³/mol. The van der Waals surface area contributed by atoms with Gasteiger partial charge >= 0.3 is 6.29 Å². The Morgan fingerprint density at radius 2 is 1.82 bits per heavy atom. The molecule has 3 nitrogen and oxygen atoms in total.